The summed E-state index contributed by atoms with van der Waals surface area (Å²) in [5, 5.41) is 3.58. The van der Waals surface area contributed by atoms with Crippen LogP contribution in [-0.2, 0) is 4.79 Å². The molecule has 1 saturated heterocycles. The summed E-state index contributed by atoms with van der Waals surface area (Å²) in [7, 11) is 0. The molecule has 2 aromatic carbocycles. The first-order chi connectivity index (χ1) is 13.6. The smallest absolute Gasteiger partial charge is 0.262 e. The van der Waals surface area contributed by atoms with Crippen molar-refractivity contribution in [3.05, 3.63) is 69.5 Å². The largest absolute Gasteiger partial charge is 0.356 e. The van der Waals surface area contributed by atoms with E-state index in [9.17, 15) is 4.79 Å². The van der Waals surface area contributed by atoms with E-state index in [2.05, 4.69) is 45.2 Å². The lowest BCUT2D eigenvalue weighted by Crippen LogP contribution is -2.48. The quantitative estimate of drug-likeness (QED) is 0.544. The molecule has 0 bridgehead atoms. The first-order valence-electron chi connectivity index (χ1n) is 9.90. The molecule has 1 aliphatic heterocycles. The summed E-state index contributed by atoms with van der Waals surface area (Å²) >= 11 is 5.15. The van der Waals surface area contributed by atoms with Gasteiger partial charge in [0.05, 0.1) is 4.91 Å². The molecule has 2 aliphatic rings. The van der Waals surface area contributed by atoms with E-state index in [1.165, 1.54) is 19.3 Å². The van der Waals surface area contributed by atoms with Crippen molar-refractivity contribution in [1.82, 2.24) is 4.90 Å². The summed E-state index contributed by atoms with van der Waals surface area (Å²) < 4.78 is 1.02. The van der Waals surface area contributed by atoms with Crippen LogP contribution in [0.2, 0.25) is 0 Å². The fraction of sp³-hybridized carbons (Fsp3) is 0.348. The maximum atomic E-state index is 13.4. The van der Waals surface area contributed by atoms with E-state index in [4.69, 9.17) is 0 Å². The van der Waals surface area contributed by atoms with Gasteiger partial charge >= 0.3 is 0 Å². The van der Waals surface area contributed by atoms with Gasteiger partial charge in [0.25, 0.3) is 5.91 Å². The van der Waals surface area contributed by atoms with Crippen molar-refractivity contribution in [2.24, 2.45) is 5.92 Å². The van der Waals surface area contributed by atoms with E-state index in [1.54, 1.807) is 11.8 Å². The van der Waals surface area contributed by atoms with Crippen LogP contribution in [0.25, 0.3) is 6.08 Å². The Labute approximate surface area is 179 Å². The molecule has 1 saturated carbocycles. The van der Waals surface area contributed by atoms with Gasteiger partial charge < -0.3 is 10.2 Å². The Morgan fingerprint density at radius 2 is 1.89 bits per heavy atom. The summed E-state index contributed by atoms with van der Waals surface area (Å²) in [5.74, 6) is 0.681. The van der Waals surface area contributed by atoms with E-state index < -0.39 is 0 Å². The number of anilines is 1. The average molecular weight is 457 g/mol. The van der Waals surface area contributed by atoms with Gasteiger partial charge in [-0.1, -0.05) is 77.8 Å². The monoisotopic (exact) mass is 456 g/mol. The number of amides is 1. The molecule has 1 heterocycles. The van der Waals surface area contributed by atoms with Gasteiger partial charge in [-0.2, -0.15) is 0 Å². The Hall–Kier alpha value is -1.72. The Balaban J connectivity index is 1.64. The zero-order valence-corrected chi connectivity index (χ0v) is 18.4. The van der Waals surface area contributed by atoms with E-state index >= 15 is 0 Å². The molecule has 28 heavy (non-hydrogen) atoms. The van der Waals surface area contributed by atoms with Gasteiger partial charge in [0, 0.05) is 16.2 Å². The highest BCUT2D eigenvalue weighted by Crippen LogP contribution is 2.42. The number of thioether (sulfide) groups is 1. The minimum atomic E-state index is -0.0705. The number of benzene rings is 2. The minimum Gasteiger partial charge on any atom is -0.356 e. The number of hydrogen-bond donors (Lipinski definition) is 1. The number of halogens is 1. The highest BCUT2D eigenvalue weighted by atomic mass is 79.9. The zero-order valence-electron chi connectivity index (χ0n) is 16.0. The molecule has 1 N–H and O–H groups in total. The molecule has 2 aromatic rings. The van der Waals surface area contributed by atoms with Crippen molar-refractivity contribution in [3.63, 3.8) is 0 Å². The average Bonchev–Trinajstić information content (AvgIpc) is 2.98. The van der Waals surface area contributed by atoms with Crippen LogP contribution in [0.3, 0.4) is 0 Å². The summed E-state index contributed by atoms with van der Waals surface area (Å²) in [6.07, 6.45) is 6.77. The third-order valence-corrected chi connectivity index (χ3v) is 7.18. The molecule has 0 aromatic heterocycles. The Morgan fingerprint density at radius 3 is 2.64 bits per heavy atom. The predicted molar refractivity (Wildman–Crippen MR) is 122 cm³/mol. The molecule has 0 radical (unpaired) electrons. The molecule has 5 heteroatoms. The summed E-state index contributed by atoms with van der Waals surface area (Å²) in [6, 6.07) is 18.6. The van der Waals surface area contributed by atoms with Crippen LogP contribution in [0, 0.1) is 5.92 Å². The van der Waals surface area contributed by atoms with Gasteiger partial charge in [0.2, 0.25) is 0 Å². The Bertz CT molecular complexity index is 870. The maximum absolute atomic E-state index is 13.4. The number of para-hydroxylation sites is 1. The molecule has 0 spiro atoms. The molecule has 1 aliphatic carbocycles. The van der Waals surface area contributed by atoms with E-state index in [0.29, 0.717) is 12.0 Å². The second-order valence-corrected chi connectivity index (χ2v) is 9.62. The molecular weight excluding hydrogens is 432 g/mol. The summed E-state index contributed by atoms with van der Waals surface area (Å²) in [6.45, 7) is 2.29. The SMILES string of the molecule is C[C@@H]1CCCC[C@H]1N1C(=O)/C(=C/c2cccc(Br)c2)SC1Nc1ccccc1. The van der Waals surface area contributed by atoms with Crippen LogP contribution in [0.1, 0.15) is 38.2 Å². The van der Waals surface area contributed by atoms with E-state index in [-0.39, 0.29) is 11.4 Å². The van der Waals surface area contributed by atoms with Crippen molar-refractivity contribution in [2.45, 2.75) is 44.1 Å². The predicted octanol–water partition coefficient (Wildman–Crippen LogP) is 6.34. The standard InChI is InChI=1S/C23H25BrN2OS/c1-16-8-5-6-13-20(16)26-22(27)21(15-17-9-7-10-18(24)14-17)28-23(26)25-19-11-3-2-4-12-19/h2-4,7,9-12,14-16,20,23,25H,5-6,8,13H2,1H3/b21-15-/t16-,20-,23?/m1/s1. The summed E-state index contributed by atoms with van der Waals surface area (Å²) in [5.41, 5.74) is 2.02. The number of nitrogens with zero attached hydrogens (tertiary/aromatic N) is 1. The third-order valence-electron chi connectivity index (χ3n) is 5.57. The van der Waals surface area contributed by atoms with Crippen molar-refractivity contribution in [2.75, 3.05) is 5.32 Å². The molecule has 1 amide bonds. The van der Waals surface area contributed by atoms with Crippen LogP contribution in [0.15, 0.2) is 64.0 Å². The minimum absolute atomic E-state index is 0.0705. The first-order valence-corrected chi connectivity index (χ1v) is 11.6. The van der Waals surface area contributed by atoms with Crippen LogP contribution < -0.4 is 5.32 Å². The lowest BCUT2D eigenvalue weighted by molar-refractivity contribution is -0.129. The van der Waals surface area contributed by atoms with Crippen molar-refractivity contribution >= 4 is 45.4 Å². The zero-order chi connectivity index (χ0) is 19.5. The fourth-order valence-electron chi connectivity index (χ4n) is 4.12. The molecule has 3 nitrogen and oxygen atoms in total. The van der Waals surface area contributed by atoms with Crippen molar-refractivity contribution in [3.8, 4) is 0 Å². The number of rotatable bonds is 4. The number of nitrogens with one attached hydrogen (secondary N) is 1. The molecule has 4 rings (SSSR count). The number of carbonyl (C=O) groups excluding carboxylic acids is 1. The van der Waals surface area contributed by atoms with Gasteiger partial charge in [-0.15, -0.1) is 0 Å². The third kappa shape index (κ3) is 4.31. The molecule has 3 atom stereocenters. The van der Waals surface area contributed by atoms with Crippen LogP contribution in [-0.4, -0.2) is 22.3 Å². The van der Waals surface area contributed by atoms with Crippen molar-refractivity contribution < 1.29 is 4.79 Å². The highest BCUT2D eigenvalue weighted by Gasteiger charge is 2.42. The number of hydrogen-bond acceptors (Lipinski definition) is 3. The summed E-state index contributed by atoms with van der Waals surface area (Å²) in [4.78, 5) is 16.3. The fourth-order valence-corrected chi connectivity index (χ4v) is 5.74. The van der Waals surface area contributed by atoms with Crippen molar-refractivity contribution in [1.29, 1.82) is 0 Å². The second-order valence-electron chi connectivity index (χ2n) is 7.59. The number of carbonyl (C=O) groups is 1. The molecular formula is C23H25BrN2OS. The van der Waals surface area contributed by atoms with Gasteiger partial charge in [-0.25, -0.2) is 0 Å². The molecule has 2 fully saturated rings. The maximum Gasteiger partial charge on any atom is 0.262 e. The topological polar surface area (TPSA) is 32.3 Å². The Kier molecular flexibility index (Phi) is 6.12. The van der Waals surface area contributed by atoms with Gasteiger partial charge in [0.1, 0.15) is 0 Å². The lowest BCUT2D eigenvalue weighted by atomic mass is 9.85. The highest BCUT2D eigenvalue weighted by molar-refractivity contribution is 9.10. The molecule has 1 unspecified atom stereocenters. The van der Waals surface area contributed by atoms with Crippen LogP contribution in [0.4, 0.5) is 5.69 Å². The van der Waals surface area contributed by atoms with Gasteiger partial charge in [-0.3, -0.25) is 4.79 Å². The molecule has 146 valence electrons. The first kappa shape index (κ1) is 19.6. The van der Waals surface area contributed by atoms with E-state index in [0.717, 1.165) is 27.0 Å². The normalized spacial score (nSPS) is 26.6. The van der Waals surface area contributed by atoms with Crippen LogP contribution in [0.5, 0.6) is 0 Å². The lowest BCUT2D eigenvalue weighted by Gasteiger charge is -2.39. The second kappa shape index (κ2) is 8.75. The van der Waals surface area contributed by atoms with Crippen LogP contribution >= 0.6 is 27.7 Å². The Morgan fingerprint density at radius 1 is 1.11 bits per heavy atom. The van der Waals surface area contributed by atoms with Gasteiger partial charge in [-0.05, 0) is 54.7 Å². The van der Waals surface area contributed by atoms with E-state index in [1.807, 2.05) is 48.5 Å². The van der Waals surface area contributed by atoms with Gasteiger partial charge in [0.15, 0.2) is 5.50 Å².